The highest BCUT2D eigenvalue weighted by Gasteiger charge is 2.23. The molecule has 1 unspecified atom stereocenters. The van der Waals surface area contributed by atoms with Gasteiger partial charge >= 0.3 is 0 Å². The number of rotatable bonds is 4. The summed E-state index contributed by atoms with van der Waals surface area (Å²) in [6.45, 7) is 5.09. The fourth-order valence-corrected chi connectivity index (χ4v) is 3.12. The highest BCUT2D eigenvalue weighted by Crippen LogP contribution is 2.20. The molecular formula is C15H20N8. The molecule has 4 rings (SSSR count). The van der Waals surface area contributed by atoms with Crippen molar-refractivity contribution >= 4 is 11.6 Å². The molecule has 0 bridgehead atoms. The fourth-order valence-electron chi connectivity index (χ4n) is 3.12. The van der Waals surface area contributed by atoms with Gasteiger partial charge in [0.25, 0.3) is 5.78 Å². The van der Waals surface area contributed by atoms with E-state index in [0.717, 1.165) is 55.4 Å². The molecule has 1 N–H and O–H groups in total. The van der Waals surface area contributed by atoms with Crippen molar-refractivity contribution in [1.82, 2.24) is 34.3 Å². The van der Waals surface area contributed by atoms with Crippen molar-refractivity contribution in [2.45, 2.75) is 52.1 Å². The molecule has 0 aromatic carbocycles. The fraction of sp³-hybridized carbons (Fsp3) is 0.533. The average molecular weight is 312 g/mol. The maximum atomic E-state index is 4.49. The summed E-state index contributed by atoms with van der Waals surface area (Å²) in [5.41, 5.74) is 1.02. The Kier molecular flexibility index (Phi) is 3.44. The van der Waals surface area contributed by atoms with E-state index in [-0.39, 0.29) is 0 Å². The molecule has 0 aliphatic carbocycles. The zero-order chi connectivity index (χ0) is 15.8. The van der Waals surface area contributed by atoms with Crippen molar-refractivity contribution < 1.29 is 0 Å². The van der Waals surface area contributed by atoms with Crippen molar-refractivity contribution in [2.75, 3.05) is 5.32 Å². The Morgan fingerprint density at radius 3 is 3.00 bits per heavy atom. The van der Waals surface area contributed by atoms with Gasteiger partial charge in [-0.15, -0.1) is 10.2 Å². The van der Waals surface area contributed by atoms with Gasteiger partial charge in [0.1, 0.15) is 23.8 Å². The minimum atomic E-state index is 0.323. The molecule has 1 aliphatic rings. The van der Waals surface area contributed by atoms with Crippen LogP contribution in [0.25, 0.3) is 5.78 Å². The number of anilines is 1. The predicted molar refractivity (Wildman–Crippen MR) is 85.3 cm³/mol. The lowest BCUT2D eigenvalue weighted by molar-refractivity contribution is 0.464. The summed E-state index contributed by atoms with van der Waals surface area (Å²) in [6, 6.07) is 2.38. The number of aryl methyl sites for hydroxylation is 3. The van der Waals surface area contributed by atoms with Gasteiger partial charge < -0.3 is 9.88 Å². The van der Waals surface area contributed by atoms with Gasteiger partial charge in [-0.1, -0.05) is 13.8 Å². The quantitative estimate of drug-likeness (QED) is 0.781. The third kappa shape index (κ3) is 2.43. The van der Waals surface area contributed by atoms with Crippen LogP contribution in [0.3, 0.4) is 0 Å². The number of nitrogens with zero attached hydrogens (tertiary/aromatic N) is 7. The number of aromatic nitrogens is 7. The lowest BCUT2D eigenvalue weighted by Crippen LogP contribution is -2.33. The Bertz CT molecular complexity index is 820. The Balaban J connectivity index is 1.63. The first-order valence-electron chi connectivity index (χ1n) is 8.15. The second kappa shape index (κ2) is 5.60. The SMILES string of the molecule is CCc1cc(NC2CCc3nnc(CC)n3C2)n2ncnc2n1. The van der Waals surface area contributed by atoms with Crippen LogP contribution < -0.4 is 5.32 Å². The van der Waals surface area contributed by atoms with E-state index >= 15 is 0 Å². The zero-order valence-corrected chi connectivity index (χ0v) is 13.4. The van der Waals surface area contributed by atoms with Gasteiger partial charge in [0.15, 0.2) is 0 Å². The molecule has 120 valence electrons. The normalized spacial score (nSPS) is 17.4. The minimum absolute atomic E-state index is 0.323. The van der Waals surface area contributed by atoms with E-state index in [1.54, 1.807) is 10.8 Å². The smallest absolute Gasteiger partial charge is 0.254 e. The van der Waals surface area contributed by atoms with Crippen LogP contribution in [0.1, 0.15) is 37.6 Å². The summed E-state index contributed by atoms with van der Waals surface area (Å²) < 4.78 is 4.00. The molecule has 8 heteroatoms. The molecule has 0 fully saturated rings. The summed E-state index contributed by atoms with van der Waals surface area (Å²) in [4.78, 5) is 8.70. The first-order valence-corrected chi connectivity index (χ1v) is 8.15. The highest BCUT2D eigenvalue weighted by molar-refractivity contribution is 5.45. The lowest BCUT2D eigenvalue weighted by atomic mass is 10.1. The van der Waals surface area contributed by atoms with Crippen LogP contribution in [0.2, 0.25) is 0 Å². The third-order valence-corrected chi connectivity index (χ3v) is 4.36. The van der Waals surface area contributed by atoms with Crippen molar-refractivity contribution in [3.63, 3.8) is 0 Å². The van der Waals surface area contributed by atoms with E-state index in [9.17, 15) is 0 Å². The Morgan fingerprint density at radius 1 is 1.26 bits per heavy atom. The Labute approximate surface area is 134 Å². The van der Waals surface area contributed by atoms with Gasteiger partial charge in [0.05, 0.1) is 0 Å². The van der Waals surface area contributed by atoms with Crippen molar-refractivity contribution in [3.05, 3.63) is 29.7 Å². The van der Waals surface area contributed by atoms with Gasteiger partial charge in [-0.2, -0.15) is 14.6 Å². The van der Waals surface area contributed by atoms with Crippen molar-refractivity contribution in [2.24, 2.45) is 0 Å². The van der Waals surface area contributed by atoms with E-state index < -0.39 is 0 Å². The lowest BCUT2D eigenvalue weighted by Gasteiger charge is -2.26. The van der Waals surface area contributed by atoms with Gasteiger partial charge in [-0.05, 0) is 12.8 Å². The monoisotopic (exact) mass is 312 g/mol. The molecule has 0 radical (unpaired) electrons. The Hall–Kier alpha value is -2.51. The predicted octanol–water partition coefficient (Wildman–Crippen LogP) is 1.27. The second-order valence-corrected chi connectivity index (χ2v) is 5.83. The zero-order valence-electron chi connectivity index (χ0n) is 13.4. The Morgan fingerprint density at radius 2 is 2.17 bits per heavy atom. The van der Waals surface area contributed by atoms with E-state index in [1.807, 2.05) is 0 Å². The summed E-state index contributed by atoms with van der Waals surface area (Å²) in [7, 11) is 0. The van der Waals surface area contributed by atoms with Crippen LogP contribution >= 0.6 is 0 Å². The molecule has 1 atom stereocenters. The maximum Gasteiger partial charge on any atom is 0.254 e. The first kappa shape index (κ1) is 14.1. The molecular weight excluding hydrogens is 292 g/mol. The molecule has 0 saturated heterocycles. The summed E-state index contributed by atoms with van der Waals surface area (Å²) in [5, 5.41) is 16.4. The molecule has 23 heavy (non-hydrogen) atoms. The molecule has 1 aliphatic heterocycles. The second-order valence-electron chi connectivity index (χ2n) is 5.83. The van der Waals surface area contributed by atoms with Crippen LogP contribution in [0.15, 0.2) is 12.4 Å². The van der Waals surface area contributed by atoms with E-state index in [4.69, 9.17) is 0 Å². The molecule has 4 heterocycles. The standard InChI is InChI=1S/C15H20N8/c1-3-10-7-14(23-15(19-10)16-9-17-23)18-11-5-6-13-21-20-12(4-2)22(13)8-11/h7,9,11,18H,3-6,8H2,1-2H3. The number of hydrogen-bond acceptors (Lipinski definition) is 6. The number of nitrogens with one attached hydrogen (secondary N) is 1. The van der Waals surface area contributed by atoms with E-state index in [1.165, 1.54) is 0 Å². The molecule has 0 amide bonds. The van der Waals surface area contributed by atoms with Crippen LogP contribution in [0.5, 0.6) is 0 Å². The van der Waals surface area contributed by atoms with Gasteiger partial charge in [-0.25, -0.2) is 4.98 Å². The van der Waals surface area contributed by atoms with E-state index in [2.05, 4.69) is 55.1 Å². The third-order valence-electron chi connectivity index (χ3n) is 4.36. The highest BCUT2D eigenvalue weighted by atomic mass is 15.4. The molecule has 0 spiro atoms. The van der Waals surface area contributed by atoms with Gasteiger partial charge in [0, 0.05) is 37.2 Å². The molecule has 0 saturated carbocycles. The maximum absolute atomic E-state index is 4.49. The minimum Gasteiger partial charge on any atom is -0.365 e. The first-order chi connectivity index (χ1) is 11.3. The summed E-state index contributed by atoms with van der Waals surface area (Å²) >= 11 is 0. The number of hydrogen-bond donors (Lipinski definition) is 1. The summed E-state index contributed by atoms with van der Waals surface area (Å²) in [5.74, 6) is 3.74. The number of fused-ring (bicyclic) bond motifs is 2. The van der Waals surface area contributed by atoms with Crippen molar-refractivity contribution in [1.29, 1.82) is 0 Å². The van der Waals surface area contributed by atoms with E-state index in [0.29, 0.717) is 11.8 Å². The average Bonchev–Trinajstić information content (AvgIpc) is 3.20. The van der Waals surface area contributed by atoms with Crippen LogP contribution in [0.4, 0.5) is 5.82 Å². The largest absolute Gasteiger partial charge is 0.365 e. The van der Waals surface area contributed by atoms with Gasteiger partial charge in [-0.3, -0.25) is 0 Å². The van der Waals surface area contributed by atoms with Crippen molar-refractivity contribution in [3.8, 4) is 0 Å². The molecule has 8 nitrogen and oxygen atoms in total. The summed E-state index contributed by atoms with van der Waals surface area (Å²) in [6.07, 6.45) is 5.29. The van der Waals surface area contributed by atoms with Crippen LogP contribution in [-0.2, 0) is 25.8 Å². The van der Waals surface area contributed by atoms with Crippen LogP contribution in [-0.4, -0.2) is 40.4 Å². The topological polar surface area (TPSA) is 85.8 Å². The molecule has 3 aromatic heterocycles. The van der Waals surface area contributed by atoms with Crippen LogP contribution in [0, 0.1) is 0 Å². The molecule has 3 aromatic rings. The van der Waals surface area contributed by atoms with Gasteiger partial charge in [0.2, 0.25) is 0 Å².